The van der Waals surface area contributed by atoms with E-state index in [1.807, 2.05) is 0 Å². The van der Waals surface area contributed by atoms with Crippen molar-refractivity contribution < 1.29 is 0 Å². The first-order chi connectivity index (χ1) is 13.8. The van der Waals surface area contributed by atoms with E-state index in [4.69, 9.17) is 0 Å². The summed E-state index contributed by atoms with van der Waals surface area (Å²) in [6.45, 7) is 2.17. The molecule has 1 nitrogen and oxygen atoms in total. The van der Waals surface area contributed by atoms with Crippen LogP contribution in [0.3, 0.4) is 0 Å². The predicted molar refractivity (Wildman–Crippen MR) is 121 cm³/mol. The van der Waals surface area contributed by atoms with Crippen LogP contribution in [0.2, 0.25) is 0 Å². The molecule has 5 aromatic carbocycles. The topological polar surface area (TPSA) is 3.24 Å². The molecule has 0 atom stereocenters. The minimum atomic E-state index is 1.17. The lowest BCUT2D eigenvalue weighted by atomic mass is 10.1. The monoisotopic (exact) mass is 359 g/mol. The summed E-state index contributed by atoms with van der Waals surface area (Å²) >= 11 is 0. The standard InChI is InChI=1S/C27H21N/c1-20-8-2-7-13-27(20)28(25-16-14-21-9-3-5-11-23(21)18-25)26-17-15-22-10-4-6-12-24(22)19-26/h2-19H,1H3. The fourth-order valence-corrected chi connectivity index (χ4v) is 3.87. The van der Waals surface area contributed by atoms with Gasteiger partial charge in [0, 0.05) is 17.1 Å². The number of benzene rings is 5. The van der Waals surface area contributed by atoms with E-state index < -0.39 is 0 Å². The number of fused-ring (bicyclic) bond motifs is 2. The molecule has 0 heterocycles. The second-order valence-electron chi connectivity index (χ2n) is 7.18. The molecule has 0 aliphatic heterocycles. The van der Waals surface area contributed by atoms with Crippen molar-refractivity contribution in [3.8, 4) is 0 Å². The molecule has 0 saturated heterocycles. The first-order valence-electron chi connectivity index (χ1n) is 9.63. The maximum Gasteiger partial charge on any atom is 0.0490 e. The van der Waals surface area contributed by atoms with Crippen LogP contribution in [0.4, 0.5) is 17.1 Å². The number of anilines is 3. The van der Waals surface area contributed by atoms with Gasteiger partial charge in [-0.1, -0.05) is 78.9 Å². The Morgan fingerprint density at radius 1 is 0.464 bits per heavy atom. The molecule has 5 aromatic rings. The summed E-state index contributed by atoms with van der Waals surface area (Å²) < 4.78 is 0. The fraction of sp³-hybridized carbons (Fsp3) is 0.0370. The zero-order valence-electron chi connectivity index (χ0n) is 15.8. The molecule has 134 valence electrons. The lowest BCUT2D eigenvalue weighted by Crippen LogP contribution is -2.11. The van der Waals surface area contributed by atoms with Gasteiger partial charge in [-0.3, -0.25) is 0 Å². The van der Waals surface area contributed by atoms with Gasteiger partial charge < -0.3 is 4.90 Å². The number of aryl methyl sites for hydroxylation is 1. The minimum Gasteiger partial charge on any atom is -0.310 e. The second-order valence-corrected chi connectivity index (χ2v) is 7.18. The Labute approximate surface area is 165 Å². The van der Waals surface area contributed by atoms with Gasteiger partial charge in [0.25, 0.3) is 0 Å². The number of hydrogen-bond acceptors (Lipinski definition) is 1. The molecule has 0 aliphatic carbocycles. The third-order valence-electron chi connectivity index (χ3n) is 5.34. The van der Waals surface area contributed by atoms with E-state index in [1.165, 1.54) is 44.2 Å². The summed E-state index contributed by atoms with van der Waals surface area (Å²) in [4.78, 5) is 2.36. The third kappa shape index (κ3) is 2.91. The lowest BCUT2D eigenvalue weighted by Gasteiger charge is -2.27. The normalized spacial score (nSPS) is 11.0. The highest BCUT2D eigenvalue weighted by Gasteiger charge is 2.15. The number of rotatable bonds is 3. The van der Waals surface area contributed by atoms with E-state index in [9.17, 15) is 0 Å². The van der Waals surface area contributed by atoms with Crippen molar-refractivity contribution in [1.82, 2.24) is 0 Å². The van der Waals surface area contributed by atoms with Gasteiger partial charge in [-0.05, 0) is 64.4 Å². The zero-order chi connectivity index (χ0) is 18.9. The van der Waals surface area contributed by atoms with Crippen LogP contribution in [-0.4, -0.2) is 0 Å². The molecule has 0 aliphatic rings. The van der Waals surface area contributed by atoms with Crippen molar-refractivity contribution in [3.63, 3.8) is 0 Å². The number of hydrogen-bond donors (Lipinski definition) is 0. The predicted octanol–water partition coefficient (Wildman–Crippen LogP) is 7.77. The molecule has 1 heteroatoms. The fourth-order valence-electron chi connectivity index (χ4n) is 3.87. The van der Waals surface area contributed by atoms with Crippen LogP contribution in [0.25, 0.3) is 21.5 Å². The Hall–Kier alpha value is -3.58. The van der Waals surface area contributed by atoms with Crippen LogP contribution in [0.5, 0.6) is 0 Å². The minimum absolute atomic E-state index is 1.17. The highest BCUT2D eigenvalue weighted by molar-refractivity contribution is 5.92. The second kappa shape index (κ2) is 6.86. The Balaban J connectivity index is 1.75. The Kier molecular flexibility index (Phi) is 4.06. The Bertz CT molecular complexity index is 1210. The molecule has 0 amide bonds. The van der Waals surface area contributed by atoms with Crippen molar-refractivity contribution in [3.05, 3.63) is 115 Å². The van der Waals surface area contributed by atoms with Crippen LogP contribution in [0.15, 0.2) is 109 Å². The van der Waals surface area contributed by atoms with E-state index >= 15 is 0 Å². The van der Waals surface area contributed by atoms with E-state index in [0.717, 1.165) is 0 Å². The molecule has 0 bridgehead atoms. The molecule has 28 heavy (non-hydrogen) atoms. The highest BCUT2D eigenvalue weighted by atomic mass is 15.1. The summed E-state index contributed by atoms with van der Waals surface area (Å²) in [5.74, 6) is 0. The highest BCUT2D eigenvalue weighted by Crippen LogP contribution is 2.38. The summed E-state index contributed by atoms with van der Waals surface area (Å²) in [6.07, 6.45) is 0. The largest absolute Gasteiger partial charge is 0.310 e. The van der Waals surface area contributed by atoms with E-state index in [0.29, 0.717) is 0 Å². The molecule has 0 saturated carbocycles. The van der Waals surface area contributed by atoms with Crippen molar-refractivity contribution in [2.45, 2.75) is 6.92 Å². The van der Waals surface area contributed by atoms with Gasteiger partial charge in [0.15, 0.2) is 0 Å². The van der Waals surface area contributed by atoms with Gasteiger partial charge in [0.2, 0.25) is 0 Å². The molecule has 0 spiro atoms. The van der Waals surface area contributed by atoms with Crippen molar-refractivity contribution in [2.24, 2.45) is 0 Å². The van der Waals surface area contributed by atoms with E-state index in [2.05, 4.69) is 121 Å². The Morgan fingerprint density at radius 3 is 1.46 bits per heavy atom. The average Bonchev–Trinajstić information content (AvgIpc) is 2.75. The molecule has 0 unspecified atom stereocenters. The van der Waals surface area contributed by atoms with Crippen molar-refractivity contribution in [2.75, 3.05) is 4.90 Å². The SMILES string of the molecule is Cc1ccccc1N(c1ccc2ccccc2c1)c1ccc2ccccc2c1. The van der Waals surface area contributed by atoms with Crippen LogP contribution in [-0.2, 0) is 0 Å². The van der Waals surface area contributed by atoms with Gasteiger partial charge in [0.05, 0.1) is 0 Å². The van der Waals surface area contributed by atoms with Crippen LogP contribution < -0.4 is 4.90 Å². The summed E-state index contributed by atoms with van der Waals surface area (Å²) in [6, 6.07) is 39.0. The number of para-hydroxylation sites is 1. The molecular formula is C27H21N. The lowest BCUT2D eigenvalue weighted by molar-refractivity contribution is 1.26. The quantitative estimate of drug-likeness (QED) is 0.318. The molecule has 5 rings (SSSR count). The first kappa shape index (κ1) is 16.6. The van der Waals surface area contributed by atoms with Gasteiger partial charge in [-0.15, -0.1) is 0 Å². The molecular weight excluding hydrogens is 338 g/mol. The van der Waals surface area contributed by atoms with Gasteiger partial charge in [-0.25, -0.2) is 0 Å². The summed E-state index contributed by atoms with van der Waals surface area (Å²) in [7, 11) is 0. The maximum atomic E-state index is 2.36. The summed E-state index contributed by atoms with van der Waals surface area (Å²) in [5.41, 5.74) is 4.79. The van der Waals surface area contributed by atoms with Gasteiger partial charge in [0.1, 0.15) is 0 Å². The molecule has 0 fully saturated rings. The Morgan fingerprint density at radius 2 is 0.929 bits per heavy atom. The van der Waals surface area contributed by atoms with Crippen LogP contribution in [0.1, 0.15) is 5.56 Å². The summed E-state index contributed by atoms with van der Waals surface area (Å²) in [5, 5.41) is 5.02. The van der Waals surface area contributed by atoms with Gasteiger partial charge >= 0.3 is 0 Å². The van der Waals surface area contributed by atoms with Crippen LogP contribution >= 0.6 is 0 Å². The first-order valence-corrected chi connectivity index (χ1v) is 9.63. The van der Waals surface area contributed by atoms with Crippen molar-refractivity contribution >= 4 is 38.6 Å². The molecule has 0 aromatic heterocycles. The smallest absolute Gasteiger partial charge is 0.0490 e. The van der Waals surface area contributed by atoms with E-state index in [1.54, 1.807) is 0 Å². The molecule has 0 N–H and O–H groups in total. The van der Waals surface area contributed by atoms with Crippen molar-refractivity contribution in [1.29, 1.82) is 0 Å². The van der Waals surface area contributed by atoms with Gasteiger partial charge in [-0.2, -0.15) is 0 Å². The molecule has 0 radical (unpaired) electrons. The average molecular weight is 359 g/mol. The van der Waals surface area contributed by atoms with Crippen LogP contribution in [0, 0.1) is 6.92 Å². The third-order valence-corrected chi connectivity index (χ3v) is 5.34. The maximum absolute atomic E-state index is 2.36. The zero-order valence-corrected chi connectivity index (χ0v) is 15.8. The van der Waals surface area contributed by atoms with E-state index in [-0.39, 0.29) is 0 Å². The number of nitrogens with zero attached hydrogens (tertiary/aromatic N) is 1.